The van der Waals surface area contributed by atoms with Gasteiger partial charge in [0, 0.05) is 35.0 Å². The van der Waals surface area contributed by atoms with Crippen molar-refractivity contribution < 1.29 is 45.3 Å². The van der Waals surface area contributed by atoms with Gasteiger partial charge in [0.25, 0.3) is 5.91 Å². The first kappa shape index (κ1) is 24.3. The molecule has 3 aromatic rings. The summed E-state index contributed by atoms with van der Waals surface area (Å²) in [4.78, 5) is 22.4. The minimum atomic E-state index is -4.83. The van der Waals surface area contributed by atoms with Gasteiger partial charge in [0.15, 0.2) is 0 Å². The zero-order valence-electron chi connectivity index (χ0n) is 17.6. The van der Waals surface area contributed by atoms with Gasteiger partial charge in [-0.25, -0.2) is 9.37 Å². The van der Waals surface area contributed by atoms with E-state index in [9.17, 15) is 31.1 Å². The average Bonchev–Trinajstić information content (AvgIpc) is 3.13. The first-order valence-corrected chi connectivity index (χ1v) is 9.96. The number of hydrogen-bond acceptors (Lipinski definition) is 6. The minimum absolute atomic E-state index is 0.0159. The molecule has 1 aliphatic rings. The molecule has 184 valence electrons. The summed E-state index contributed by atoms with van der Waals surface area (Å²) in [6.07, 6.45) is -2.28. The van der Waals surface area contributed by atoms with E-state index in [-0.39, 0.29) is 35.0 Å². The van der Waals surface area contributed by atoms with E-state index < -0.39 is 37.9 Å². The number of ether oxygens (including phenoxy) is 3. The second-order valence-electron chi connectivity index (χ2n) is 7.09. The smallest absolute Gasteiger partial charge is 0.490 e. The lowest BCUT2D eigenvalue weighted by molar-refractivity contribution is -0.325. The largest absolute Gasteiger partial charge is 0.522 e. The van der Waals surface area contributed by atoms with E-state index in [4.69, 9.17) is 4.74 Å². The van der Waals surface area contributed by atoms with Crippen LogP contribution in [0.1, 0.15) is 15.9 Å². The number of aromatic nitrogens is 2. The third-order valence-electron chi connectivity index (χ3n) is 4.90. The summed E-state index contributed by atoms with van der Waals surface area (Å²) in [6, 6.07) is 7.49. The molecule has 3 heterocycles. The van der Waals surface area contributed by atoms with Gasteiger partial charge in [-0.2, -0.15) is 8.78 Å². The Morgan fingerprint density at radius 3 is 2.51 bits per heavy atom. The van der Waals surface area contributed by atoms with Gasteiger partial charge in [-0.15, -0.1) is 13.2 Å². The number of halogens is 6. The fourth-order valence-corrected chi connectivity index (χ4v) is 3.48. The lowest BCUT2D eigenvalue weighted by Crippen LogP contribution is -2.23. The molecule has 0 fully saturated rings. The van der Waals surface area contributed by atoms with Gasteiger partial charge in [0.05, 0.1) is 30.7 Å². The predicted molar refractivity (Wildman–Crippen MR) is 109 cm³/mol. The maximum absolute atomic E-state index is 13.9. The second-order valence-corrected chi connectivity index (χ2v) is 7.09. The zero-order valence-corrected chi connectivity index (χ0v) is 17.6. The summed E-state index contributed by atoms with van der Waals surface area (Å²) in [5, 5.41) is 0. The maximum Gasteiger partial charge on any atom is 0.522 e. The highest BCUT2D eigenvalue weighted by atomic mass is 19.4. The molecular formula is C22H15F6N3O4. The van der Waals surface area contributed by atoms with Crippen LogP contribution in [-0.4, -0.2) is 42.1 Å². The van der Waals surface area contributed by atoms with Gasteiger partial charge < -0.3 is 14.4 Å². The van der Waals surface area contributed by atoms with Crippen molar-refractivity contribution in [1.82, 2.24) is 9.97 Å². The standard InChI is InChI=1S/C22H15F6N3O4/c23-12-1-3-15(17(9-12)33-7-8-34-22(26,27)28)19-16-11-31(20(32)14(16)5-6-29-19)13-2-4-18(30-10-13)35-21(24)25/h1-6,9-10,21H,7-8,11H2. The number of benzene rings is 1. The molecule has 1 aromatic carbocycles. The van der Waals surface area contributed by atoms with Crippen LogP contribution in [0.5, 0.6) is 11.6 Å². The summed E-state index contributed by atoms with van der Waals surface area (Å²) >= 11 is 0. The molecule has 1 aliphatic heterocycles. The van der Waals surface area contributed by atoms with Gasteiger partial charge in [0.1, 0.15) is 18.2 Å². The molecule has 0 atom stereocenters. The Kier molecular flexibility index (Phi) is 6.78. The molecular weight excluding hydrogens is 484 g/mol. The Bertz CT molecular complexity index is 1220. The Balaban J connectivity index is 1.60. The molecule has 0 saturated carbocycles. The fourth-order valence-electron chi connectivity index (χ4n) is 3.48. The molecule has 0 N–H and O–H groups in total. The van der Waals surface area contributed by atoms with E-state index in [0.29, 0.717) is 11.3 Å². The quantitative estimate of drug-likeness (QED) is 0.322. The first-order chi connectivity index (χ1) is 16.6. The molecule has 0 aliphatic carbocycles. The van der Waals surface area contributed by atoms with Crippen LogP contribution >= 0.6 is 0 Å². The Morgan fingerprint density at radius 2 is 1.83 bits per heavy atom. The SMILES string of the molecule is O=C1c2ccnc(-c3ccc(F)cc3OCCOC(F)(F)F)c2CN1c1ccc(OC(F)F)nc1. The molecule has 13 heteroatoms. The van der Waals surface area contributed by atoms with Crippen molar-refractivity contribution in [1.29, 1.82) is 0 Å². The number of amides is 1. The van der Waals surface area contributed by atoms with E-state index in [1.54, 1.807) is 0 Å². The molecule has 0 saturated heterocycles. The number of rotatable bonds is 8. The third-order valence-corrected chi connectivity index (χ3v) is 4.90. The third kappa shape index (κ3) is 5.62. The molecule has 0 unspecified atom stereocenters. The summed E-state index contributed by atoms with van der Waals surface area (Å²) in [6.45, 7) is -4.37. The van der Waals surface area contributed by atoms with Crippen molar-refractivity contribution in [2.75, 3.05) is 18.1 Å². The number of nitrogens with zero attached hydrogens (tertiary/aromatic N) is 3. The highest BCUT2D eigenvalue weighted by Crippen LogP contribution is 2.38. The van der Waals surface area contributed by atoms with Crippen LogP contribution < -0.4 is 14.4 Å². The second kappa shape index (κ2) is 9.78. The molecule has 2 aromatic heterocycles. The zero-order chi connectivity index (χ0) is 25.2. The summed E-state index contributed by atoms with van der Waals surface area (Å²) in [5.74, 6) is -1.52. The Morgan fingerprint density at radius 1 is 1.03 bits per heavy atom. The van der Waals surface area contributed by atoms with Gasteiger partial charge in [-0.1, -0.05) is 0 Å². The number of pyridine rings is 2. The van der Waals surface area contributed by atoms with E-state index in [1.807, 2.05) is 0 Å². The lowest BCUT2D eigenvalue weighted by Gasteiger charge is -2.16. The molecule has 35 heavy (non-hydrogen) atoms. The van der Waals surface area contributed by atoms with Crippen LogP contribution in [0.2, 0.25) is 0 Å². The number of carbonyl (C=O) groups is 1. The maximum atomic E-state index is 13.9. The van der Waals surface area contributed by atoms with Crippen LogP contribution in [0.3, 0.4) is 0 Å². The fraction of sp³-hybridized carbons (Fsp3) is 0.227. The summed E-state index contributed by atoms with van der Waals surface area (Å²) in [7, 11) is 0. The van der Waals surface area contributed by atoms with Crippen LogP contribution in [0.4, 0.5) is 32.0 Å². The van der Waals surface area contributed by atoms with Crippen LogP contribution in [-0.2, 0) is 11.3 Å². The average molecular weight is 499 g/mol. The Labute approximate surface area is 193 Å². The lowest BCUT2D eigenvalue weighted by atomic mass is 10.0. The Hall–Kier alpha value is -3.87. The molecule has 0 spiro atoms. The van der Waals surface area contributed by atoms with Crippen LogP contribution in [0.15, 0.2) is 48.8 Å². The molecule has 4 rings (SSSR count). The normalized spacial score (nSPS) is 13.3. The molecule has 0 radical (unpaired) electrons. The van der Waals surface area contributed by atoms with Crippen molar-refractivity contribution in [3.05, 3.63) is 65.7 Å². The number of carbonyl (C=O) groups excluding carboxylic acids is 1. The predicted octanol–water partition coefficient (Wildman–Crippen LogP) is 4.96. The molecule has 0 bridgehead atoms. The topological polar surface area (TPSA) is 73.8 Å². The number of alkyl halides is 5. The van der Waals surface area contributed by atoms with Crippen molar-refractivity contribution in [2.24, 2.45) is 0 Å². The highest BCUT2D eigenvalue weighted by Gasteiger charge is 2.32. The van der Waals surface area contributed by atoms with Crippen molar-refractivity contribution in [3.8, 4) is 22.9 Å². The van der Waals surface area contributed by atoms with E-state index in [2.05, 4.69) is 19.4 Å². The van der Waals surface area contributed by atoms with Gasteiger partial charge in [0.2, 0.25) is 5.88 Å². The van der Waals surface area contributed by atoms with Gasteiger partial charge >= 0.3 is 13.0 Å². The monoisotopic (exact) mass is 499 g/mol. The van der Waals surface area contributed by atoms with Crippen molar-refractivity contribution >= 4 is 11.6 Å². The van der Waals surface area contributed by atoms with Crippen molar-refractivity contribution in [2.45, 2.75) is 19.5 Å². The van der Waals surface area contributed by atoms with E-state index in [1.165, 1.54) is 41.6 Å². The van der Waals surface area contributed by atoms with Gasteiger partial charge in [-0.05, 0) is 24.3 Å². The number of anilines is 1. The number of hydrogen-bond donors (Lipinski definition) is 0. The van der Waals surface area contributed by atoms with Crippen LogP contribution in [0, 0.1) is 5.82 Å². The minimum Gasteiger partial charge on any atom is -0.490 e. The van der Waals surface area contributed by atoms with Crippen molar-refractivity contribution in [3.63, 3.8) is 0 Å². The van der Waals surface area contributed by atoms with Gasteiger partial charge in [-0.3, -0.25) is 14.5 Å². The highest BCUT2D eigenvalue weighted by molar-refractivity contribution is 6.11. The van der Waals surface area contributed by atoms with E-state index in [0.717, 1.165) is 12.1 Å². The summed E-state index contributed by atoms with van der Waals surface area (Å²) in [5.41, 5.74) is 1.55. The van der Waals surface area contributed by atoms with Crippen LogP contribution in [0.25, 0.3) is 11.3 Å². The molecule has 1 amide bonds. The molecule has 7 nitrogen and oxygen atoms in total. The summed E-state index contributed by atoms with van der Waals surface area (Å²) < 4.78 is 88.4. The van der Waals surface area contributed by atoms with E-state index >= 15 is 0 Å². The first-order valence-electron chi connectivity index (χ1n) is 9.96. The number of fused-ring (bicyclic) bond motifs is 1.